The third-order valence-electron chi connectivity index (χ3n) is 0.690. The number of nitrogens with zero attached hydrogens (tertiary/aromatic N) is 2. The van der Waals surface area contributed by atoms with Crippen molar-refractivity contribution in [2.45, 2.75) is 0 Å². The summed E-state index contributed by atoms with van der Waals surface area (Å²) in [5, 5.41) is 18.3. The fraction of sp³-hybridized carbons (Fsp3) is 0.667. The number of carbonyl (C=O) groups excluding carboxylic acids is 1. The summed E-state index contributed by atoms with van der Waals surface area (Å²) < 4.78 is 0. The van der Waals surface area contributed by atoms with Crippen LogP contribution < -0.4 is 0 Å². The van der Waals surface area contributed by atoms with Gasteiger partial charge in [0.1, 0.15) is 13.5 Å². The van der Waals surface area contributed by atoms with E-state index in [0.29, 0.717) is 4.90 Å². The molecule has 6 nitrogen and oxygen atoms in total. The van der Waals surface area contributed by atoms with Crippen LogP contribution in [-0.4, -0.2) is 34.6 Å². The van der Waals surface area contributed by atoms with Crippen LogP contribution in [0, 0.1) is 4.91 Å². The van der Waals surface area contributed by atoms with E-state index in [1.54, 1.807) is 0 Å². The number of nitroso groups, excluding NO2 is 1. The van der Waals surface area contributed by atoms with Gasteiger partial charge in [-0.3, -0.25) is 4.90 Å². The predicted octanol–water partition coefficient (Wildman–Crippen LogP) is -0.926. The van der Waals surface area contributed by atoms with E-state index in [2.05, 4.69) is 0 Å². The van der Waals surface area contributed by atoms with Gasteiger partial charge in [-0.05, 0) is 0 Å². The number of hydrogen-bond donors (Lipinski definition) is 2. The molecular formula is C3H6N2O4. The maximum atomic E-state index is 10.1. The highest BCUT2D eigenvalue weighted by Gasteiger charge is 2.09. The molecule has 52 valence electrons. The summed E-state index contributed by atoms with van der Waals surface area (Å²) in [4.78, 5) is 20.0. The van der Waals surface area contributed by atoms with Crippen LogP contribution in [0.25, 0.3) is 0 Å². The Kier molecular flexibility index (Phi) is 3.49. The average Bonchev–Trinajstić information content (AvgIpc) is 1.90. The molecule has 9 heavy (non-hydrogen) atoms. The predicted molar refractivity (Wildman–Crippen MR) is 27.2 cm³/mol. The normalized spacial score (nSPS) is 8.67. The first-order valence-electron chi connectivity index (χ1n) is 2.10. The summed E-state index contributed by atoms with van der Waals surface area (Å²) in [5.41, 5.74) is 0. The molecule has 0 aliphatic carbocycles. The number of amides is 2. The zero-order valence-electron chi connectivity index (χ0n) is 4.52. The highest BCUT2D eigenvalue weighted by Crippen LogP contribution is 1.87. The second kappa shape index (κ2) is 3.93. The smallest absolute Gasteiger partial charge is 0.376 e. The van der Waals surface area contributed by atoms with Gasteiger partial charge < -0.3 is 10.2 Å². The van der Waals surface area contributed by atoms with Gasteiger partial charge >= 0.3 is 6.03 Å². The number of carbonyl (C=O) groups is 1. The molecule has 0 spiro atoms. The lowest BCUT2D eigenvalue weighted by Crippen LogP contribution is -2.29. The van der Waals surface area contributed by atoms with Crippen LogP contribution in [-0.2, 0) is 0 Å². The lowest BCUT2D eigenvalue weighted by molar-refractivity contribution is 0.0609. The second-order valence-electron chi connectivity index (χ2n) is 1.20. The lowest BCUT2D eigenvalue weighted by atomic mass is 10.8. The van der Waals surface area contributed by atoms with Gasteiger partial charge in [0, 0.05) is 5.18 Å². The first kappa shape index (κ1) is 7.99. The van der Waals surface area contributed by atoms with Crippen LogP contribution in [0.4, 0.5) is 4.79 Å². The van der Waals surface area contributed by atoms with E-state index in [1.807, 2.05) is 5.18 Å². The van der Waals surface area contributed by atoms with Crippen LogP contribution in [0.15, 0.2) is 5.18 Å². The minimum atomic E-state index is -1.18. The Hall–Kier alpha value is -1.01. The van der Waals surface area contributed by atoms with Crippen LogP contribution in [0.5, 0.6) is 0 Å². The molecule has 0 aromatic rings. The Labute approximate surface area is 50.7 Å². The van der Waals surface area contributed by atoms with Crippen molar-refractivity contribution in [3.05, 3.63) is 4.91 Å². The lowest BCUT2D eigenvalue weighted by Gasteiger charge is -2.09. The quantitative estimate of drug-likeness (QED) is 0.377. The molecule has 0 saturated heterocycles. The van der Waals surface area contributed by atoms with Crippen molar-refractivity contribution in [2.75, 3.05) is 13.5 Å². The topological polar surface area (TPSA) is 90.2 Å². The molecule has 0 aliphatic rings. The van der Waals surface area contributed by atoms with Gasteiger partial charge in [0.2, 0.25) is 0 Å². The second-order valence-corrected chi connectivity index (χ2v) is 1.20. The molecular weight excluding hydrogens is 128 g/mol. The Morgan fingerprint density at radius 1 is 1.44 bits per heavy atom. The van der Waals surface area contributed by atoms with Gasteiger partial charge in [-0.15, -0.1) is 4.91 Å². The Morgan fingerprint density at radius 3 is 2.00 bits per heavy atom. The molecule has 0 heterocycles. The van der Waals surface area contributed by atoms with Crippen molar-refractivity contribution in [3.8, 4) is 0 Å². The van der Waals surface area contributed by atoms with Crippen molar-refractivity contribution < 1.29 is 15.0 Å². The van der Waals surface area contributed by atoms with Crippen molar-refractivity contribution in [1.82, 2.24) is 4.90 Å². The summed E-state index contributed by atoms with van der Waals surface area (Å²) in [6.07, 6.45) is 0. The Balaban J connectivity index is 3.78. The monoisotopic (exact) mass is 134 g/mol. The van der Waals surface area contributed by atoms with E-state index >= 15 is 0 Å². The van der Waals surface area contributed by atoms with Gasteiger partial charge in [0.05, 0.1) is 0 Å². The molecule has 0 aliphatic heterocycles. The van der Waals surface area contributed by atoms with E-state index < -0.39 is 19.5 Å². The van der Waals surface area contributed by atoms with E-state index in [-0.39, 0.29) is 0 Å². The molecule has 0 aromatic carbocycles. The molecule has 0 aromatic heterocycles. The molecule has 0 bridgehead atoms. The Morgan fingerprint density at radius 2 is 1.89 bits per heavy atom. The van der Waals surface area contributed by atoms with E-state index in [1.165, 1.54) is 0 Å². The SMILES string of the molecule is O=NC(=O)N(CO)CO. The number of urea groups is 1. The molecule has 2 N–H and O–H groups in total. The molecule has 0 rings (SSSR count). The zero-order valence-corrected chi connectivity index (χ0v) is 4.52. The number of rotatable bonds is 2. The summed E-state index contributed by atoms with van der Waals surface area (Å²) in [7, 11) is 0. The molecule has 0 unspecified atom stereocenters. The first-order chi connectivity index (χ1) is 4.26. The third-order valence-corrected chi connectivity index (χ3v) is 0.690. The average molecular weight is 134 g/mol. The van der Waals surface area contributed by atoms with Gasteiger partial charge in [-0.25, -0.2) is 4.79 Å². The van der Waals surface area contributed by atoms with Crippen molar-refractivity contribution in [2.24, 2.45) is 5.18 Å². The summed E-state index contributed by atoms with van der Waals surface area (Å²) in [5.74, 6) is 0. The largest absolute Gasteiger partial charge is 0.384 e. The fourth-order valence-electron chi connectivity index (χ4n) is 0.223. The molecule has 2 amide bonds. The zero-order chi connectivity index (χ0) is 7.28. The maximum absolute atomic E-state index is 10.1. The van der Waals surface area contributed by atoms with Crippen molar-refractivity contribution >= 4 is 6.03 Å². The fourth-order valence-corrected chi connectivity index (χ4v) is 0.223. The van der Waals surface area contributed by atoms with E-state index in [0.717, 1.165) is 0 Å². The molecule has 0 radical (unpaired) electrons. The summed E-state index contributed by atoms with van der Waals surface area (Å²) >= 11 is 0. The van der Waals surface area contributed by atoms with E-state index in [4.69, 9.17) is 10.2 Å². The van der Waals surface area contributed by atoms with E-state index in [9.17, 15) is 9.70 Å². The summed E-state index contributed by atoms with van der Waals surface area (Å²) in [6, 6.07) is -1.18. The highest BCUT2D eigenvalue weighted by molar-refractivity contribution is 5.74. The molecule has 6 heteroatoms. The highest BCUT2D eigenvalue weighted by atomic mass is 16.3. The molecule has 0 saturated carbocycles. The Bertz CT molecular complexity index is 110. The summed E-state index contributed by atoms with van der Waals surface area (Å²) in [6.45, 7) is -1.41. The maximum Gasteiger partial charge on any atom is 0.384 e. The van der Waals surface area contributed by atoms with Crippen LogP contribution in [0.3, 0.4) is 0 Å². The van der Waals surface area contributed by atoms with Crippen molar-refractivity contribution in [3.63, 3.8) is 0 Å². The standard InChI is InChI=1S/C3H6N2O4/c6-1-5(2-7)3(8)4-9/h6-7H,1-2H2. The van der Waals surface area contributed by atoms with Crippen LogP contribution >= 0.6 is 0 Å². The minimum absolute atomic E-state index is 0.465. The minimum Gasteiger partial charge on any atom is -0.376 e. The van der Waals surface area contributed by atoms with Gasteiger partial charge in [-0.2, -0.15) is 0 Å². The van der Waals surface area contributed by atoms with Gasteiger partial charge in [0.25, 0.3) is 0 Å². The van der Waals surface area contributed by atoms with Crippen molar-refractivity contribution in [1.29, 1.82) is 0 Å². The van der Waals surface area contributed by atoms with Crippen LogP contribution in [0.2, 0.25) is 0 Å². The van der Waals surface area contributed by atoms with Gasteiger partial charge in [-0.1, -0.05) is 0 Å². The van der Waals surface area contributed by atoms with Gasteiger partial charge in [0.15, 0.2) is 0 Å². The number of hydrogen-bond acceptors (Lipinski definition) is 4. The number of aliphatic hydroxyl groups is 2. The third kappa shape index (κ3) is 2.15. The molecule has 0 fully saturated rings. The van der Waals surface area contributed by atoms with Crippen LogP contribution in [0.1, 0.15) is 0 Å². The number of aliphatic hydroxyl groups excluding tert-OH is 2. The molecule has 0 atom stereocenters. The first-order valence-corrected chi connectivity index (χ1v) is 2.10.